The Morgan fingerprint density at radius 3 is 2.90 bits per heavy atom. The normalized spacial score (nSPS) is 24.2. The van der Waals surface area contributed by atoms with Gasteiger partial charge in [-0.3, -0.25) is 0 Å². The Morgan fingerprint density at radius 2 is 2.25 bits per heavy atom. The fraction of sp³-hybridized carbons (Fsp3) is 0.500. The maximum atomic E-state index is 12.4. The van der Waals surface area contributed by atoms with E-state index in [0.29, 0.717) is 30.6 Å². The van der Waals surface area contributed by atoms with Crippen LogP contribution in [0, 0.1) is 17.2 Å². The number of aliphatic hydroxyl groups excluding tert-OH is 1. The van der Waals surface area contributed by atoms with Gasteiger partial charge in [-0.25, -0.2) is 12.7 Å². The van der Waals surface area contributed by atoms with Crippen molar-refractivity contribution in [3.05, 3.63) is 35.4 Å². The predicted octanol–water partition coefficient (Wildman–Crippen LogP) is 1.09. The average Bonchev–Trinajstić information content (AvgIpc) is 2.41. The van der Waals surface area contributed by atoms with Crippen molar-refractivity contribution in [2.75, 3.05) is 13.1 Å². The second-order valence-corrected chi connectivity index (χ2v) is 7.23. The molecule has 0 radical (unpaired) electrons. The summed E-state index contributed by atoms with van der Waals surface area (Å²) in [5, 5.41) is 18.5. The third-order valence-corrected chi connectivity index (χ3v) is 5.44. The Labute approximate surface area is 119 Å². The van der Waals surface area contributed by atoms with Gasteiger partial charge in [0.1, 0.15) is 0 Å². The Balaban J connectivity index is 2.13. The highest BCUT2D eigenvalue weighted by atomic mass is 32.2. The number of rotatable bonds is 3. The molecular weight excluding hydrogens is 276 g/mol. The zero-order valence-corrected chi connectivity index (χ0v) is 12.2. The summed E-state index contributed by atoms with van der Waals surface area (Å²) >= 11 is 0. The topological polar surface area (TPSA) is 81.4 Å². The number of hydrogen-bond acceptors (Lipinski definition) is 4. The molecule has 0 aliphatic carbocycles. The first-order chi connectivity index (χ1) is 9.42. The van der Waals surface area contributed by atoms with Crippen LogP contribution in [-0.2, 0) is 15.8 Å². The van der Waals surface area contributed by atoms with Gasteiger partial charge in [-0.05, 0) is 30.0 Å². The number of sulfonamides is 1. The number of hydrogen-bond donors (Lipinski definition) is 1. The van der Waals surface area contributed by atoms with Crippen LogP contribution in [-0.4, -0.2) is 37.0 Å². The number of aliphatic hydroxyl groups is 1. The van der Waals surface area contributed by atoms with Crippen LogP contribution in [0.1, 0.15) is 24.5 Å². The average molecular weight is 294 g/mol. The fourth-order valence-corrected chi connectivity index (χ4v) is 4.01. The molecule has 0 bridgehead atoms. The monoisotopic (exact) mass is 294 g/mol. The van der Waals surface area contributed by atoms with E-state index in [-0.39, 0.29) is 11.7 Å². The van der Waals surface area contributed by atoms with Crippen molar-refractivity contribution in [3.8, 4) is 6.07 Å². The molecule has 2 rings (SSSR count). The molecule has 1 aliphatic rings. The van der Waals surface area contributed by atoms with Crippen molar-refractivity contribution in [3.63, 3.8) is 0 Å². The van der Waals surface area contributed by atoms with E-state index < -0.39 is 16.1 Å². The minimum atomic E-state index is -3.40. The molecule has 20 heavy (non-hydrogen) atoms. The first-order valence-corrected chi connectivity index (χ1v) is 8.18. The minimum absolute atomic E-state index is 0.0519. The van der Waals surface area contributed by atoms with Gasteiger partial charge in [0.25, 0.3) is 0 Å². The predicted molar refractivity (Wildman–Crippen MR) is 75.1 cm³/mol. The van der Waals surface area contributed by atoms with Crippen LogP contribution in [0.25, 0.3) is 0 Å². The highest BCUT2D eigenvalue weighted by Gasteiger charge is 2.31. The Bertz CT molecular complexity index is 622. The van der Waals surface area contributed by atoms with Crippen LogP contribution in [0.4, 0.5) is 0 Å². The van der Waals surface area contributed by atoms with Gasteiger partial charge in [0.2, 0.25) is 10.0 Å². The molecule has 1 saturated heterocycles. The van der Waals surface area contributed by atoms with Crippen molar-refractivity contribution in [2.24, 2.45) is 5.92 Å². The molecule has 2 atom stereocenters. The molecule has 0 amide bonds. The highest BCUT2D eigenvalue weighted by molar-refractivity contribution is 7.88. The third kappa shape index (κ3) is 3.37. The van der Waals surface area contributed by atoms with Crippen LogP contribution < -0.4 is 0 Å². The van der Waals surface area contributed by atoms with Gasteiger partial charge >= 0.3 is 0 Å². The van der Waals surface area contributed by atoms with Crippen LogP contribution in [0.3, 0.4) is 0 Å². The standard InChI is InChI=1S/C14H18N2O3S/c1-11-9-16(6-5-14(11)17)20(18,19)10-13-4-2-3-12(7-13)8-15/h2-4,7,11,14,17H,5-6,9-10H2,1H3. The molecule has 2 unspecified atom stereocenters. The molecule has 1 aromatic rings. The van der Waals surface area contributed by atoms with E-state index in [1.165, 1.54) is 4.31 Å². The second-order valence-electron chi connectivity index (χ2n) is 5.26. The fourth-order valence-electron chi connectivity index (χ4n) is 2.38. The Morgan fingerprint density at radius 1 is 1.50 bits per heavy atom. The molecule has 0 spiro atoms. The molecule has 108 valence electrons. The summed E-state index contributed by atoms with van der Waals surface area (Å²) in [5.41, 5.74) is 1.07. The van der Waals surface area contributed by atoms with Gasteiger partial charge < -0.3 is 5.11 Å². The largest absolute Gasteiger partial charge is 0.393 e. The summed E-state index contributed by atoms with van der Waals surface area (Å²) in [4.78, 5) is 0. The van der Waals surface area contributed by atoms with E-state index in [9.17, 15) is 13.5 Å². The van der Waals surface area contributed by atoms with Crippen molar-refractivity contribution in [2.45, 2.75) is 25.2 Å². The minimum Gasteiger partial charge on any atom is -0.393 e. The summed E-state index contributed by atoms with van der Waals surface area (Å²) in [7, 11) is -3.40. The van der Waals surface area contributed by atoms with E-state index in [1.54, 1.807) is 24.3 Å². The second kappa shape index (κ2) is 5.92. The summed E-state index contributed by atoms with van der Waals surface area (Å²) in [6.45, 7) is 2.55. The zero-order valence-electron chi connectivity index (χ0n) is 11.4. The lowest BCUT2D eigenvalue weighted by molar-refractivity contribution is 0.0628. The van der Waals surface area contributed by atoms with Crippen LogP contribution in [0.5, 0.6) is 0 Å². The van der Waals surface area contributed by atoms with E-state index in [2.05, 4.69) is 0 Å². The zero-order chi connectivity index (χ0) is 14.8. The number of nitriles is 1. The van der Waals surface area contributed by atoms with Crippen LogP contribution >= 0.6 is 0 Å². The van der Waals surface area contributed by atoms with Gasteiger partial charge in [-0.2, -0.15) is 5.26 Å². The highest BCUT2D eigenvalue weighted by Crippen LogP contribution is 2.21. The summed E-state index contributed by atoms with van der Waals surface area (Å²) in [6.07, 6.45) is 0.0434. The molecule has 1 aromatic carbocycles. The van der Waals surface area contributed by atoms with Gasteiger partial charge in [-0.1, -0.05) is 19.1 Å². The quantitative estimate of drug-likeness (QED) is 0.905. The van der Waals surface area contributed by atoms with E-state index in [4.69, 9.17) is 5.26 Å². The van der Waals surface area contributed by atoms with Crippen LogP contribution in [0.15, 0.2) is 24.3 Å². The molecule has 1 fully saturated rings. The SMILES string of the molecule is CC1CN(S(=O)(=O)Cc2cccc(C#N)c2)CCC1O. The number of benzene rings is 1. The van der Waals surface area contributed by atoms with E-state index in [0.717, 1.165) is 0 Å². The van der Waals surface area contributed by atoms with Crippen molar-refractivity contribution < 1.29 is 13.5 Å². The van der Waals surface area contributed by atoms with Crippen molar-refractivity contribution in [1.29, 1.82) is 5.26 Å². The summed E-state index contributed by atoms with van der Waals surface area (Å²) in [6, 6.07) is 8.64. The van der Waals surface area contributed by atoms with E-state index in [1.807, 2.05) is 13.0 Å². The molecule has 6 heteroatoms. The van der Waals surface area contributed by atoms with Crippen LogP contribution in [0.2, 0.25) is 0 Å². The molecule has 0 aromatic heterocycles. The smallest absolute Gasteiger partial charge is 0.218 e. The number of piperidine rings is 1. The van der Waals surface area contributed by atoms with E-state index >= 15 is 0 Å². The van der Waals surface area contributed by atoms with Gasteiger partial charge in [-0.15, -0.1) is 0 Å². The molecule has 0 saturated carbocycles. The molecule has 1 heterocycles. The number of nitrogens with zero attached hydrogens (tertiary/aromatic N) is 2. The molecular formula is C14H18N2O3S. The lowest BCUT2D eigenvalue weighted by Gasteiger charge is -2.33. The lowest BCUT2D eigenvalue weighted by atomic mass is 9.99. The third-order valence-electron chi connectivity index (χ3n) is 3.62. The van der Waals surface area contributed by atoms with Gasteiger partial charge in [0.15, 0.2) is 0 Å². The first kappa shape index (κ1) is 15.0. The lowest BCUT2D eigenvalue weighted by Crippen LogP contribution is -2.45. The van der Waals surface area contributed by atoms with Crippen molar-refractivity contribution >= 4 is 10.0 Å². The maximum absolute atomic E-state index is 12.4. The summed E-state index contributed by atoms with van der Waals surface area (Å²) < 4.78 is 26.2. The maximum Gasteiger partial charge on any atom is 0.218 e. The molecule has 1 aliphatic heterocycles. The Kier molecular flexibility index (Phi) is 4.43. The molecule has 5 nitrogen and oxygen atoms in total. The first-order valence-electron chi connectivity index (χ1n) is 6.57. The van der Waals surface area contributed by atoms with Gasteiger partial charge in [0, 0.05) is 13.1 Å². The molecule has 1 N–H and O–H groups in total. The van der Waals surface area contributed by atoms with Crippen molar-refractivity contribution in [1.82, 2.24) is 4.31 Å². The summed E-state index contributed by atoms with van der Waals surface area (Å²) in [5.74, 6) is -0.158. The van der Waals surface area contributed by atoms with Gasteiger partial charge in [0.05, 0.1) is 23.5 Å². The Hall–Kier alpha value is -1.42.